The third-order valence-electron chi connectivity index (χ3n) is 2.53. The lowest BCUT2D eigenvalue weighted by molar-refractivity contribution is 0.215. The molecule has 0 heterocycles. The smallest absolute Gasteiger partial charge is 0.171 e. The van der Waals surface area contributed by atoms with Crippen LogP contribution >= 0.6 is 0 Å². The summed E-state index contributed by atoms with van der Waals surface area (Å²) in [5.74, 6) is 0. The van der Waals surface area contributed by atoms with E-state index >= 15 is 0 Å². The van der Waals surface area contributed by atoms with Gasteiger partial charge in [0.15, 0.2) is 8.24 Å². The lowest BCUT2D eigenvalue weighted by atomic mass is 10.4. The molecule has 0 aromatic carbocycles. The van der Waals surface area contributed by atoms with Crippen molar-refractivity contribution in [2.75, 3.05) is 0 Å². The van der Waals surface area contributed by atoms with Crippen LogP contribution < -0.4 is 0 Å². The second-order valence-electron chi connectivity index (χ2n) is 5.17. The third kappa shape index (κ3) is 5.07. The molecule has 0 fully saturated rings. The van der Waals surface area contributed by atoms with Crippen molar-refractivity contribution in [2.24, 2.45) is 4.66 Å². The van der Waals surface area contributed by atoms with Crippen molar-refractivity contribution in [3.8, 4) is 0 Å². The van der Waals surface area contributed by atoms with E-state index in [-0.39, 0.29) is 0 Å². The largest absolute Gasteiger partial charge is 0.389 e. The minimum Gasteiger partial charge on any atom is -0.389 e. The maximum atomic E-state index is 10.3. The fourth-order valence-corrected chi connectivity index (χ4v) is 4.86. The van der Waals surface area contributed by atoms with Gasteiger partial charge in [0.2, 0.25) is 0 Å². The summed E-state index contributed by atoms with van der Waals surface area (Å²) in [6, 6.07) is 2.28. The molecule has 0 aliphatic rings. The minimum absolute atomic E-state index is 0.593. The molecule has 0 aromatic heterocycles. The van der Waals surface area contributed by atoms with Crippen LogP contribution in [0.2, 0.25) is 31.7 Å². The zero-order chi connectivity index (χ0) is 11.4. The van der Waals surface area contributed by atoms with Gasteiger partial charge in [-0.2, -0.15) is 0 Å². The standard InChI is InChI=1S/C10H25NOSi2/c1-7-13(8-2)10(3,12)9-11-14(4,5)6/h9,12-13H,7-8H2,1-6H3. The second-order valence-corrected chi connectivity index (χ2v) is 14.0. The predicted molar refractivity (Wildman–Crippen MR) is 70.6 cm³/mol. The van der Waals surface area contributed by atoms with Gasteiger partial charge in [-0.25, -0.2) is 0 Å². The van der Waals surface area contributed by atoms with Gasteiger partial charge in [0, 0.05) is 6.21 Å². The van der Waals surface area contributed by atoms with Gasteiger partial charge in [0.25, 0.3) is 0 Å². The molecule has 2 nitrogen and oxygen atoms in total. The molecule has 1 N–H and O–H groups in total. The van der Waals surface area contributed by atoms with Crippen LogP contribution in [0.15, 0.2) is 4.66 Å². The molecule has 0 aromatic rings. The van der Waals surface area contributed by atoms with Crippen LogP contribution in [-0.2, 0) is 0 Å². The summed E-state index contributed by atoms with van der Waals surface area (Å²) in [6.45, 7) is 12.9. The molecule has 1 atom stereocenters. The summed E-state index contributed by atoms with van der Waals surface area (Å²) in [7, 11) is -2.47. The highest BCUT2D eigenvalue weighted by Gasteiger charge is 2.29. The summed E-state index contributed by atoms with van der Waals surface area (Å²) in [4.78, 5) is 0. The Kier molecular flexibility index (Phi) is 5.26. The van der Waals surface area contributed by atoms with E-state index in [0.717, 1.165) is 12.1 Å². The first-order valence-corrected chi connectivity index (χ1v) is 11.2. The molecule has 0 saturated carbocycles. The van der Waals surface area contributed by atoms with Crippen molar-refractivity contribution in [2.45, 2.75) is 57.7 Å². The molecule has 0 bridgehead atoms. The summed E-state index contributed by atoms with van der Waals surface area (Å²) in [5.41, 5.74) is 0. The second kappa shape index (κ2) is 5.23. The van der Waals surface area contributed by atoms with Crippen molar-refractivity contribution >= 4 is 23.2 Å². The molecule has 0 aliphatic heterocycles. The number of rotatable bonds is 5. The highest BCUT2D eigenvalue weighted by molar-refractivity contribution is 6.75. The Morgan fingerprint density at radius 2 is 1.71 bits per heavy atom. The van der Waals surface area contributed by atoms with E-state index in [1.54, 1.807) is 0 Å². The molecule has 0 saturated heterocycles. The van der Waals surface area contributed by atoms with Crippen LogP contribution in [0, 0.1) is 0 Å². The zero-order valence-corrected chi connectivity index (χ0v) is 12.6. The molecule has 0 spiro atoms. The lowest BCUT2D eigenvalue weighted by Gasteiger charge is -2.27. The Balaban J connectivity index is 4.54. The molecular weight excluding hydrogens is 206 g/mol. The Morgan fingerprint density at radius 3 is 2.00 bits per heavy atom. The van der Waals surface area contributed by atoms with Crippen molar-refractivity contribution in [3.63, 3.8) is 0 Å². The summed E-state index contributed by atoms with van der Waals surface area (Å²) in [6.07, 6.45) is 1.84. The fraction of sp³-hybridized carbons (Fsp3) is 0.900. The van der Waals surface area contributed by atoms with Gasteiger partial charge in [-0.15, -0.1) is 0 Å². The van der Waals surface area contributed by atoms with E-state index in [9.17, 15) is 5.11 Å². The van der Waals surface area contributed by atoms with Crippen LogP contribution in [0.4, 0.5) is 0 Å². The van der Waals surface area contributed by atoms with E-state index < -0.39 is 22.3 Å². The maximum absolute atomic E-state index is 10.3. The lowest BCUT2D eigenvalue weighted by Crippen LogP contribution is -2.44. The predicted octanol–water partition coefficient (Wildman–Crippen LogP) is 2.45. The summed E-state index contributed by atoms with van der Waals surface area (Å²) < 4.78 is 4.54. The third-order valence-corrected chi connectivity index (χ3v) is 7.20. The van der Waals surface area contributed by atoms with Crippen molar-refractivity contribution in [1.82, 2.24) is 0 Å². The van der Waals surface area contributed by atoms with E-state index in [4.69, 9.17) is 0 Å². The molecule has 4 heteroatoms. The molecule has 0 amide bonds. The average molecular weight is 231 g/mol. The maximum Gasteiger partial charge on any atom is 0.171 e. The van der Waals surface area contributed by atoms with E-state index in [1.165, 1.54) is 0 Å². The highest BCUT2D eigenvalue weighted by atomic mass is 28.3. The van der Waals surface area contributed by atoms with Gasteiger partial charge in [-0.05, 0) is 26.6 Å². The van der Waals surface area contributed by atoms with Gasteiger partial charge < -0.3 is 9.76 Å². The van der Waals surface area contributed by atoms with Gasteiger partial charge in [-0.1, -0.05) is 25.9 Å². The van der Waals surface area contributed by atoms with E-state index in [0.29, 0.717) is 0 Å². The summed E-state index contributed by atoms with van der Waals surface area (Å²) in [5, 5.41) is 9.68. The van der Waals surface area contributed by atoms with Crippen LogP contribution in [0.3, 0.4) is 0 Å². The van der Waals surface area contributed by atoms with E-state index in [2.05, 4.69) is 38.1 Å². The Labute approximate surface area is 91.2 Å². The normalized spacial score (nSPS) is 17.7. The molecular formula is C10H25NOSi2. The van der Waals surface area contributed by atoms with Gasteiger partial charge in [0.1, 0.15) is 0 Å². The van der Waals surface area contributed by atoms with Gasteiger partial charge in [0.05, 0.1) is 14.0 Å². The minimum atomic E-state index is -1.41. The first-order valence-electron chi connectivity index (χ1n) is 5.51. The SMILES string of the molecule is CC[SiH](CC)C(C)(O)C=N[Si](C)(C)C. The first-order chi connectivity index (χ1) is 6.23. The van der Waals surface area contributed by atoms with Crippen LogP contribution in [-0.4, -0.2) is 33.6 Å². The first kappa shape index (κ1) is 14.1. The highest BCUT2D eigenvalue weighted by Crippen LogP contribution is 2.15. The van der Waals surface area contributed by atoms with E-state index in [1.807, 2.05) is 13.1 Å². The molecule has 14 heavy (non-hydrogen) atoms. The Bertz CT molecular complexity index is 193. The summed E-state index contributed by atoms with van der Waals surface area (Å²) >= 11 is 0. The van der Waals surface area contributed by atoms with Gasteiger partial charge >= 0.3 is 0 Å². The number of aliphatic hydroxyl groups is 1. The number of hydrogen-bond donors (Lipinski definition) is 1. The average Bonchev–Trinajstić information content (AvgIpc) is 2.02. The molecule has 1 unspecified atom stereocenters. The molecule has 0 rings (SSSR count). The van der Waals surface area contributed by atoms with Crippen molar-refractivity contribution in [3.05, 3.63) is 0 Å². The quantitative estimate of drug-likeness (QED) is 0.572. The monoisotopic (exact) mass is 231 g/mol. The molecule has 0 aliphatic carbocycles. The van der Waals surface area contributed by atoms with Crippen molar-refractivity contribution in [1.29, 1.82) is 0 Å². The topological polar surface area (TPSA) is 32.6 Å². The van der Waals surface area contributed by atoms with Crippen LogP contribution in [0.25, 0.3) is 0 Å². The molecule has 0 radical (unpaired) electrons. The Hall–Kier alpha value is 0.0638. The zero-order valence-electron chi connectivity index (χ0n) is 10.5. The van der Waals surface area contributed by atoms with Crippen molar-refractivity contribution < 1.29 is 5.11 Å². The number of hydrogen-bond acceptors (Lipinski definition) is 2. The number of nitrogens with zero attached hydrogens (tertiary/aromatic N) is 1. The van der Waals surface area contributed by atoms with Crippen LogP contribution in [0.1, 0.15) is 20.8 Å². The molecule has 84 valence electrons. The Morgan fingerprint density at radius 1 is 1.29 bits per heavy atom. The van der Waals surface area contributed by atoms with Crippen LogP contribution in [0.5, 0.6) is 0 Å². The fourth-order valence-electron chi connectivity index (χ4n) is 1.54. The van der Waals surface area contributed by atoms with Gasteiger partial charge in [-0.3, -0.25) is 0 Å².